The average Bonchev–Trinajstić information content (AvgIpc) is 2.34. The van der Waals surface area contributed by atoms with E-state index in [0.29, 0.717) is 12.3 Å². The molecule has 0 aromatic heterocycles. The van der Waals surface area contributed by atoms with Gasteiger partial charge in [0.1, 0.15) is 0 Å². The third-order valence-electron chi connectivity index (χ3n) is 1.96. The summed E-state index contributed by atoms with van der Waals surface area (Å²) in [5.74, 6) is 0.508. The molecular formula is C7H14ClF2N. The summed E-state index contributed by atoms with van der Waals surface area (Å²) in [6.07, 6.45) is -0.274. The van der Waals surface area contributed by atoms with Crippen LogP contribution in [0.15, 0.2) is 0 Å². The van der Waals surface area contributed by atoms with Crippen molar-refractivity contribution in [1.82, 2.24) is 5.32 Å². The van der Waals surface area contributed by atoms with E-state index in [4.69, 9.17) is 0 Å². The van der Waals surface area contributed by atoms with Crippen molar-refractivity contribution in [3.05, 3.63) is 0 Å². The number of halogens is 3. The van der Waals surface area contributed by atoms with Crippen LogP contribution in [0.2, 0.25) is 0 Å². The monoisotopic (exact) mass is 185 g/mol. The fourth-order valence-electron chi connectivity index (χ4n) is 1.32. The highest BCUT2D eigenvalue weighted by atomic mass is 35.5. The maximum atomic E-state index is 11.7. The van der Waals surface area contributed by atoms with Gasteiger partial charge in [-0.2, -0.15) is 0 Å². The Labute approximate surface area is 72.0 Å². The van der Waals surface area contributed by atoms with Crippen molar-refractivity contribution in [2.45, 2.75) is 25.7 Å². The Hall–Kier alpha value is 0.110. The van der Waals surface area contributed by atoms with Gasteiger partial charge < -0.3 is 5.32 Å². The van der Waals surface area contributed by atoms with E-state index in [2.05, 4.69) is 5.32 Å². The lowest BCUT2D eigenvalue weighted by molar-refractivity contribution is 0.128. The number of hydrogen-bond donors (Lipinski definition) is 1. The molecule has 1 aliphatic rings. The summed E-state index contributed by atoms with van der Waals surface area (Å²) < 4.78 is 23.3. The Bertz CT molecular complexity index is 94.4. The number of hydrogen-bond acceptors (Lipinski definition) is 1. The molecule has 1 aliphatic heterocycles. The van der Waals surface area contributed by atoms with Crippen molar-refractivity contribution in [3.63, 3.8) is 0 Å². The van der Waals surface area contributed by atoms with Crippen molar-refractivity contribution >= 4 is 12.4 Å². The van der Waals surface area contributed by atoms with Gasteiger partial charge in [-0.25, -0.2) is 8.78 Å². The third kappa shape index (κ3) is 4.53. The number of rotatable bonds is 3. The fraction of sp³-hybridized carbons (Fsp3) is 1.00. The van der Waals surface area contributed by atoms with E-state index >= 15 is 0 Å². The standard InChI is InChI=1S/C7H13F2N.ClH/c8-7(9)2-1-6-3-4-10-5-6;/h6-7,10H,1-5H2;1H. The molecule has 1 heterocycles. The molecule has 1 rings (SSSR count). The van der Waals surface area contributed by atoms with Gasteiger partial charge in [0.05, 0.1) is 0 Å². The van der Waals surface area contributed by atoms with E-state index < -0.39 is 6.43 Å². The summed E-state index contributed by atoms with van der Waals surface area (Å²) in [4.78, 5) is 0. The molecule has 0 aromatic carbocycles. The minimum atomic E-state index is -2.11. The largest absolute Gasteiger partial charge is 0.316 e. The molecule has 0 radical (unpaired) electrons. The summed E-state index contributed by atoms with van der Waals surface area (Å²) in [7, 11) is 0. The van der Waals surface area contributed by atoms with Gasteiger partial charge in [0.15, 0.2) is 0 Å². The molecule has 1 saturated heterocycles. The second kappa shape index (κ2) is 5.72. The van der Waals surface area contributed by atoms with Gasteiger partial charge in [-0.3, -0.25) is 0 Å². The normalized spacial score (nSPS) is 23.7. The van der Waals surface area contributed by atoms with Crippen LogP contribution in [-0.4, -0.2) is 19.5 Å². The van der Waals surface area contributed by atoms with Crippen molar-refractivity contribution in [3.8, 4) is 0 Å². The number of alkyl halides is 2. The topological polar surface area (TPSA) is 12.0 Å². The zero-order chi connectivity index (χ0) is 7.40. The molecular weight excluding hydrogens is 172 g/mol. The molecule has 1 fully saturated rings. The molecule has 11 heavy (non-hydrogen) atoms. The molecule has 68 valence electrons. The second-order valence-electron chi connectivity index (χ2n) is 2.83. The first-order valence-electron chi connectivity index (χ1n) is 3.78. The highest BCUT2D eigenvalue weighted by Crippen LogP contribution is 2.16. The van der Waals surface area contributed by atoms with E-state index in [9.17, 15) is 8.78 Å². The van der Waals surface area contributed by atoms with Crippen LogP contribution in [0.25, 0.3) is 0 Å². The first kappa shape index (κ1) is 11.1. The zero-order valence-electron chi connectivity index (χ0n) is 6.35. The van der Waals surface area contributed by atoms with Gasteiger partial charge >= 0.3 is 0 Å². The minimum Gasteiger partial charge on any atom is -0.316 e. The Morgan fingerprint density at radius 2 is 2.18 bits per heavy atom. The highest BCUT2D eigenvalue weighted by molar-refractivity contribution is 5.85. The van der Waals surface area contributed by atoms with Gasteiger partial charge in [0, 0.05) is 6.42 Å². The van der Waals surface area contributed by atoms with Gasteiger partial charge in [-0.15, -0.1) is 12.4 Å². The highest BCUT2D eigenvalue weighted by Gasteiger charge is 2.15. The van der Waals surface area contributed by atoms with Gasteiger partial charge in [-0.05, 0) is 31.8 Å². The van der Waals surface area contributed by atoms with E-state index in [1.54, 1.807) is 0 Å². The van der Waals surface area contributed by atoms with Crippen molar-refractivity contribution in [2.24, 2.45) is 5.92 Å². The lowest BCUT2D eigenvalue weighted by Gasteiger charge is -2.05. The van der Waals surface area contributed by atoms with Crippen LogP contribution >= 0.6 is 12.4 Å². The first-order valence-corrected chi connectivity index (χ1v) is 3.78. The van der Waals surface area contributed by atoms with Gasteiger partial charge in [0.2, 0.25) is 6.43 Å². The smallest absolute Gasteiger partial charge is 0.238 e. The zero-order valence-corrected chi connectivity index (χ0v) is 7.17. The molecule has 1 atom stereocenters. The lowest BCUT2D eigenvalue weighted by Crippen LogP contribution is -2.09. The number of nitrogens with one attached hydrogen (secondary N) is 1. The molecule has 0 aliphatic carbocycles. The second-order valence-corrected chi connectivity index (χ2v) is 2.83. The molecule has 4 heteroatoms. The SMILES string of the molecule is Cl.FC(F)CCC1CCNC1. The van der Waals surface area contributed by atoms with E-state index in [1.807, 2.05) is 0 Å². The summed E-state index contributed by atoms with van der Waals surface area (Å²) >= 11 is 0. The molecule has 0 saturated carbocycles. The third-order valence-corrected chi connectivity index (χ3v) is 1.96. The van der Waals surface area contributed by atoms with Crippen LogP contribution in [0.1, 0.15) is 19.3 Å². The van der Waals surface area contributed by atoms with E-state index in [0.717, 1.165) is 19.5 Å². The Kier molecular flexibility index (Phi) is 5.78. The van der Waals surface area contributed by atoms with E-state index in [-0.39, 0.29) is 18.8 Å². The predicted molar refractivity (Wildman–Crippen MR) is 43.5 cm³/mol. The molecule has 0 spiro atoms. The minimum absolute atomic E-state index is 0. The van der Waals surface area contributed by atoms with Crippen molar-refractivity contribution < 1.29 is 8.78 Å². The van der Waals surface area contributed by atoms with Crippen LogP contribution < -0.4 is 5.32 Å². The van der Waals surface area contributed by atoms with Gasteiger partial charge in [0.25, 0.3) is 0 Å². The Morgan fingerprint density at radius 3 is 2.64 bits per heavy atom. The Balaban J connectivity index is 0.000001000. The molecule has 1 N–H and O–H groups in total. The summed E-state index contributed by atoms with van der Waals surface area (Å²) in [5, 5.41) is 3.15. The van der Waals surface area contributed by atoms with Crippen LogP contribution in [0.3, 0.4) is 0 Å². The average molecular weight is 186 g/mol. The first-order chi connectivity index (χ1) is 4.79. The van der Waals surface area contributed by atoms with E-state index in [1.165, 1.54) is 0 Å². The van der Waals surface area contributed by atoms with Crippen LogP contribution in [0, 0.1) is 5.92 Å². The van der Waals surface area contributed by atoms with Crippen LogP contribution in [-0.2, 0) is 0 Å². The summed E-state index contributed by atoms with van der Waals surface area (Å²) in [5.41, 5.74) is 0. The van der Waals surface area contributed by atoms with Crippen molar-refractivity contribution in [2.75, 3.05) is 13.1 Å². The maximum Gasteiger partial charge on any atom is 0.238 e. The molecule has 0 aromatic rings. The maximum absolute atomic E-state index is 11.7. The quantitative estimate of drug-likeness (QED) is 0.710. The summed E-state index contributed by atoms with van der Waals surface area (Å²) in [6.45, 7) is 1.95. The van der Waals surface area contributed by atoms with Crippen molar-refractivity contribution in [1.29, 1.82) is 0 Å². The fourth-order valence-corrected chi connectivity index (χ4v) is 1.32. The molecule has 1 unspecified atom stereocenters. The van der Waals surface area contributed by atoms with Gasteiger partial charge in [-0.1, -0.05) is 0 Å². The van der Waals surface area contributed by atoms with Crippen LogP contribution in [0.5, 0.6) is 0 Å². The van der Waals surface area contributed by atoms with Crippen LogP contribution in [0.4, 0.5) is 8.78 Å². The Morgan fingerprint density at radius 1 is 1.45 bits per heavy atom. The predicted octanol–water partition coefficient (Wildman–Crippen LogP) is 2.06. The molecule has 1 nitrogen and oxygen atoms in total. The lowest BCUT2D eigenvalue weighted by atomic mass is 10.0. The summed E-state index contributed by atoms with van der Waals surface area (Å²) in [6, 6.07) is 0. The molecule has 0 bridgehead atoms. The molecule has 0 amide bonds.